The Bertz CT molecular complexity index is 2360. The number of aromatic nitrogens is 2. The smallest absolute Gasteiger partial charge is 0.326 e. The molecule has 21 N–H and O–H groups in total. The van der Waals surface area contributed by atoms with Crippen molar-refractivity contribution in [2.45, 2.75) is 173 Å². The second kappa shape index (κ2) is 37.3. The number of carbonyl (C=O) groups is 13. The highest BCUT2D eigenvalue weighted by atomic mass is 16.4. The molecule has 33 heteroatoms. The Balaban J connectivity index is 3.22. The molecule has 0 aliphatic heterocycles. The number of aromatic amines is 1. The van der Waals surface area contributed by atoms with Crippen LogP contribution in [0.5, 0.6) is 0 Å². The maximum Gasteiger partial charge on any atom is 0.326 e. The molecule has 10 amide bonds. The van der Waals surface area contributed by atoms with E-state index >= 15 is 0 Å². The predicted octanol–water partition coefficient (Wildman–Crippen LogP) is -6.57. The van der Waals surface area contributed by atoms with Crippen molar-refractivity contribution in [2.24, 2.45) is 29.2 Å². The van der Waals surface area contributed by atoms with Crippen molar-refractivity contribution < 1.29 is 93.0 Å². The number of carboxylic acid groups (broad SMARTS) is 3. The monoisotopic (exact) mass is 1180 g/mol. The molecule has 0 bridgehead atoms. The Morgan fingerprint density at radius 3 is 1.49 bits per heavy atom. The SMILES string of the molecule is CC[C@H](C)[C@H](NC(=O)[C@H](CO)NC(=O)[C@H](CO)NC(=O)[C@H](CC(C)C)NC(=O)[C@@H](N)CCCCN)C(=O)N[C@@H](CC(=O)O)C(=O)N[C@H](C(=O)N[C@@H](CC(=O)O)C(=O)N[C@H](C(=O)NCCC(=O)N[C@@H](Cc1cnc[nH]1)C(=O)O)C(C)C)[C@@H](C)O. The first-order valence-electron chi connectivity index (χ1n) is 26.9. The van der Waals surface area contributed by atoms with E-state index in [0.717, 1.165) is 6.92 Å². The van der Waals surface area contributed by atoms with Gasteiger partial charge in [0.15, 0.2) is 0 Å². The van der Waals surface area contributed by atoms with E-state index in [-0.39, 0.29) is 38.1 Å². The summed E-state index contributed by atoms with van der Waals surface area (Å²) in [5.74, 6) is -17.2. The van der Waals surface area contributed by atoms with E-state index in [1.54, 1.807) is 20.8 Å². The molecule has 0 aliphatic carbocycles. The van der Waals surface area contributed by atoms with Crippen LogP contribution in [0.15, 0.2) is 12.5 Å². The zero-order valence-corrected chi connectivity index (χ0v) is 47.5. The first kappa shape index (κ1) is 73.1. The molecule has 33 nitrogen and oxygen atoms in total. The number of carbonyl (C=O) groups excluding carboxylic acids is 10. The van der Waals surface area contributed by atoms with Gasteiger partial charge in [0.25, 0.3) is 0 Å². The summed E-state index contributed by atoms with van der Waals surface area (Å²) in [5, 5.41) is 82.5. The molecule has 1 aromatic heterocycles. The van der Waals surface area contributed by atoms with Crippen LogP contribution in [0.2, 0.25) is 0 Å². The van der Waals surface area contributed by atoms with Crippen LogP contribution in [0.3, 0.4) is 0 Å². The van der Waals surface area contributed by atoms with E-state index in [1.165, 1.54) is 33.3 Å². The van der Waals surface area contributed by atoms with Gasteiger partial charge in [0.05, 0.1) is 44.5 Å². The molecule has 1 aromatic rings. The third kappa shape index (κ3) is 26.7. The van der Waals surface area contributed by atoms with Crippen LogP contribution in [-0.2, 0) is 68.7 Å². The summed E-state index contributed by atoms with van der Waals surface area (Å²) in [5.41, 5.74) is 11.9. The van der Waals surface area contributed by atoms with Gasteiger partial charge in [-0.05, 0) is 50.5 Å². The molecule has 0 saturated carbocycles. The van der Waals surface area contributed by atoms with E-state index in [9.17, 15) is 93.0 Å². The zero-order chi connectivity index (χ0) is 63.3. The number of imidazole rings is 1. The normalized spacial score (nSPS) is 15.5. The minimum absolute atomic E-state index is 0.0865. The highest BCUT2D eigenvalue weighted by Gasteiger charge is 2.38. The van der Waals surface area contributed by atoms with Gasteiger partial charge < -0.3 is 100 Å². The van der Waals surface area contributed by atoms with Gasteiger partial charge in [-0.15, -0.1) is 0 Å². The summed E-state index contributed by atoms with van der Waals surface area (Å²) in [6.45, 7) is 8.42. The predicted molar refractivity (Wildman–Crippen MR) is 290 cm³/mol. The number of aliphatic carboxylic acids is 3. The third-order valence-electron chi connectivity index (χ3n) is 12.7. The molecule has 0 spiro atoms. The molecule has 0 aromatic carbocycles. The summed E-state index contributed by atoms with van der Waals surface area (Å²) in [4.78, 5) is 176. The van der Waals surface area contributed by atoms with Crippen LogP contribution >= 0.6 is 0 Å². The lowest BCUT2D eigenvalue weighted by Gasteiger charge is -2.29. The zero-order valence-electron chi connectivity index (χ0n) is 47.5. The Morgan fingerprint density at radius 2 is 1.05 bits per heavy atom. The van der Waals surface area contributed by atoms with Crippen LogP contribution in [0.1, 0.15) is 106 Å². The topological polar surface area (TPSA) is 544 Å². The highest BCUT2D eigenvalue weighted by molar-refractivity contribution is 6.00. The largest absolute Gasteiger partial charge is 0.481 e. The number of nitrogens with one attached hydrogen (secondary N) is 11. The summed E-state index contributed by atoms with van der Waals surface area (Å²) < 4.78 is 0. The molecule has 0 unspecified atom stereocenters. The maximum atomic E-state index is 13.9. The molecular weight excluding hydrogens is 1100 g/mol. The Kier molecular flexibility index (Phi) is 32.8. The Labute approximate surface area is 478 Å². The molecule has 1 heterocycles. The van der Waals surface area contributed by atoms with E-state index in [4.69, 9.17) is 11.5 Å². The van der Waals surface area contributed by atoms with Crippen molar-refractivity contribution >= 4 is 77.0 Å². The number of hydrogen-bond acceptors (Lipinski definition) is 19. The number of aliphatic hydroxyl groups is 3. The average molecular weight is 1190 g/mol. The molecule has 0 radical (unpaired) electrons. The van der Waals surface area contributed by atoms with Crippen LogP contribution in [0.4, 0.5) is 0 Å². The first-order chi connectivity index (χ1) is 38.9. The van der Waals surface area contributed by atoms with Gasteiger partial charge in [0, 0.05) is 31.3 Å². The summed E-state index contributed by atoms with van der Waals surface area (Å²) in [6.07, 6.45) is -0.355. The molecule has 12 atom stereocenters. The first-order valence-corrected chi connectivity index (χ1v) is 26.9. The Morgan fingerprint density at radius 1 is 0.578 bits per heavy atom. The molecule has 83 heavy (non-hydrogen) atoms. The van der Waals surface area contributed by atoms with Crippen molar-refractivity contribution in [1.82, 2.24) is 63.1 Å². The van der Waals surface area contributed by atoms with Gasteiger partial charge in [-0.2, -0.15) is 0 Å². The number of rotatable bonds is 40. The number of carboxylic acids is 3. The fourth-order valence-electron chi connectivity index (χ4n) is 7.74. The van der Waals surface area contributed by atoms with Gasteiger partial charge in [-0.25, -0.2) is 9.78 Å². The Hall–Kier alpha value is -7.88. The van der Waals surface area contributed by atoms with E-state index in [1.807, 2.05) is 0 Å². The van der Waals surface area contributed by atoms with E-state index in [0.29, 0.717) is 25.1 Å². The van der Waals surface area contributed by atoms with Crippen molar-refractivity contribution in [3.8, 4) is 0 Å². The van der Waals surface area contributed by atoms with E-state index < -0.39 is 188 Å². The summed E-state index contributed by atoms with van der Waals surface area (Å²) in [7, 11) is 0. The molecule has 0 fully saturated rings. The van der Waals surface area contributed by atoms with Gasteiger partial charge in [-0.1, -0.05) is 54.4 Å². The molecule has 468 valence electrons. The van der Waals surface area contributed by atoms with Crippen molar-refractivity contribution in [2.75, 3.05) is 26.3 Å². The maximum absolute atomic E-state index is 13.9. The van der Waals surface area contributed by atoms with Crippen molar-refractivity contribution in [3.63, 3.8) is 0 Å². The van der Waals surface area contributed by atoms with Crippen LogP contribution < -0.4 is 64.6 Å². The summed E-state index contributed by atoms with van der Waals surface area (Å²) >= 11 is 0. The number of amides is 10. The van der Waals surface area contributed by atoms with Crippen LogP contribution in [0.25, 0.3) is 0 Å². The van der Waals surface area contributed by atoms with Gasteiger partial charge in [-0.3, -0.25) is 57.5 Å². The number of aliphatic hydroxyl groups excluding tert-OH is 3. The molecular formula is C50H84N14O19. The van der Waals surface area contributed by atoms with Crippen molar-refractivity contribution in [3.05, 3.63) is 18.2 Å². The van der Waals surface area contributed by atoms with Crippen LogP contribution in [0, 0.1) is 17.8 Å². The molecule has 0 saturated heterocycles. The fraction of sp³-hybridized carbons (Fsp3) is 0.680. The lowest BCUT2D eigenvalue weighted by Crippen LogP contribution is -2.63. The molecule has 0 aliphatic rings. The molecule has 1 rings (SSSR count). The average Bonchev–Trinajstić information content (AvgIpc) is 4.00. The minimum Gasteiger partial charge on any atom is -0.481 e. The second-order valence-corrected chi connectivity index (χ2v) is 20.5. The minimum atomic E-state index is -2.09. The van der Waals surface area contributed by atoms with Gasteiger partial charge in [0.1, 0.15) is 54.4 Å². The lowest BCUT2D eigenvalue weighted by molar-refractivity contribution is -0.143. The van der Waals surface area contributed by atoms with Crippen LogP contribution in [-0.4, -0.2) is 210 Å². The fourth-order valence-corrected chi connectivity index (χ4v) is 7.74. The number of unbranched alkanes of at least 4 members (excludes halogenated alkanes) is 1. The highest BCUT2D eigenvalue weighted by Crippen LogP contribution is 2.12. The number of hydrogen-bond donors (Lipinski definition) is 19. The second-order valence-electron chi connectivity index (χ2n) is 20.5. The van der Waals surface area contributed by atoms with Gasteiger partial charge >= 0.3 is 17.9 Å². The number of H-pyrrole nitrogens is 1. The summed E-state index contributed by atoms with van der Waals surface area (Å²) in [6, 6.07) is -16.4. The number of nitrogens with two attached hydrogens (primary N) is 2. The quantitative estimate of drug-likeness (QED) is 0.0272. The standard InChI is InChI=1S/C50H84N14O19/c1-8-25(6)39(63-46(78)34(21-66)61-45(77)33(20-65)60-42(74)29(15-23(2)3)57-41(73)28(52)11-9-10-13-51)48(80)58-31(18-37(71)72)44(76)64-40(26(7)67)49(81)59-30(17-36(69)70)43(75)62-38(24(4)5)47(79)54-14-12-35(68)56-32(50(82)83)16-27-19-53-22-55-27/h19,22-26,28-34,38-40,65-67H,8-18,20-21,51-52H2,1-7H3,(H,53,55)(H,54,79)(H,56,68)(H,57,73)(H,58,80)(H,59,81)(H,60,74)(H,61,77)(H,62,75)(H,63,78)(H,64,76)(H,69,70)(H,71,72)(H,82,83)/t25-,26+,28-,29-,30-,31-,32-,33-,34-,38-,39-,40-/m0/s1. The van der Waals surface area contributed by atoms with Crippen molar-refractivity contribution in [1.29, 1.82) is 0 Å². The van der Waals surface area contributed by atoms with Gasteiger partial charge in [0.2, 0.25) is 59.1 Å². The number of nitrogens with zero attached hydrogens (tertiary/aromatic N) is 1. The van der Waals surface area contributed by atoms with E-state index in [2.05, 4.69) is 63.1 Å². The third-order valence-corrected chi connectivity index (χ3v) is 12.7. The lowest BCUT2D eigenvalue weighted by atomic mass is 9.97.